The van der Waals surface area contributed by atoms with Crippen LogP contribution in [-0.2, 0) is 19.5 Å². The molecular weight excluding hydrogens is 222 g/mol. The molecule has 3 heteroatoms. The molecule has 0 saturated carbocycles. The van der Waals surface area contributed by atoms with Gasteiger partial charge in [-0.3, -0.25) is 4.90 Å². The Hall–Kier alpha value is -0.900. The van der Waals surface area contributed by atoms with Gasteiger partial charge in [0.15, 0.2) is 0 Å². The van der Waals surface area contributed by atoms with Crippen molar-refractivity contribution in [3.05, 3.63) is 34.9 Å². The molecule has 1 N–H and O–H groups in total. The highest BCUT2D eigenvalue weighted by atomic mass is 15.2. The maximum atomic E-state index is 3.40. The zero-order chi connectivity index (χ0) is 12.4. The third kappa shape index (κ3) is 2.74. The molecule has 1 fully saturated rings. The molecule has 1 aromatic carbocycles. The van der Waals surface area contributed by atoms with Crippen molar-refractivity contribution in [1.29, 1.82) is 0 Å². The zero-order valence-corrected chi connectivity index (χ0v) is 11.3. The summed E-state index contributed by atoms with van der Waals surface area (Å²) in [6.45, 7) is 8.14. The van der Waals surface area contributed by atoms with Crippen LogP contribution in [-0.4, -0.2) is 49.6 Å². The van der Waals surface area contributed by atoms with E-state index in [2.05, 4.69) is 40.4 Å². The lowest BCUT2D eigenvalue weighted by atomic mass is 10.0. The molecule has 98 valence electrons. The highest BCUT2D eigenvalue weighted by Crippen LogP contribution is 2.22. The number of rotatable bonds is 3. The van der Waals surface area contributed by atoms with Crippen molar-refractivity contribution >= 4 is 0 Å². The third-order valence-corrected chi connectivity index (χ3v) is 4.08. The Bertz CT molecular complexity index is 410. The molecule has 1 aromatic rings. The average Bonchev–Trinajstić information content (AvgIpc) is 2.77. The lowest BCUT2D eigenvalue weighted by Gasteiger charge is -2.27. The van der Waals surface area contributed by atoms with Crippen molar-refractivity contribution in [3.63, 3.8) is 0 Å². The van der Waals surface area contributed by atoms with Crippen LogP contribution < -0.4 is 5.32 Å². The first-order valence-electron chi connectivity index (χ1n) is 7.03. The summed E-state index contributed by atoms with van der Waals surface area (Å²) in [4.78, 5) is 4.95. The predicted octanol–water partition coefficient (Wildman–Crippen LogP) is 1.08. The van der Waals surface area contributed by atoms with Crippen LogP contribution in [0.25, 0.3) is 0 Å². The van der Waals surface area contributed by atoms with E-state index in [0.29, 0.717) is 0 Å². The molecule has 0 atom stereocenters. The molecule has 0 aromatic heterocycles. The van der Waals surface area contributed by atoms with Gasteiger partial charge in [-0.1, -0.05) is 18.2 Å². The van der Waals surface area contributed by atoms with Gasteiger partial charge in [-0.2, -0.15) is 0 Å². The Morgan fingerprint density at radius 3 is 2.72 bits per heavy atom. The van der Waals surface area contributed by atoms with E-state index >= 15 is 0 Å². The molecule has 0 unspecified atom stereocenters. The summed E-state index contributed by atoms with van der Waals surface area (Å²) in [6.07, 6.45) is 1.19. The van der Waals surface area contributed by atoms with Gasteiger partial charge in [0.1, 0.15) is 0 Å². The first-order chi connectivity index (χ1) is 8.81. The second-order valence-electron chi connectivity index (χ2n) is 5.62. The smallest absolute Gasteiger partial charge is 0.0237 e. The van der Waals surface area contributed by atoms with Gasteiger partial charge in [-0.05, 0) is 30.2 Å². The summed E-state index contributed by atoms with van der Waals surface area (Å²) < 4.78 is 0. The van der Waals surface area contributed by atoms with Crippen LogP contribution in [0.2, 0.25) is 0 Å². The van der Waals surface area contributed by atoms with Gasteiger partial charge < -0.3 is 10.2 Å². The average molecular weight is 245 g/mol. The van der Waals surface area contributed by atoms with Gasteiger partial charge in [-0.15, -0.1) is 0 Å². The Labute approximate surface area is 110 Å². The van der Waals surface area contributed by atoms with Crippen LogP contribution in [0.1, 0.15) is 16.7 Å². The van der Waals surface area contributed by atoms with Crippen molar-refractivity contribution < 1.29 is 0 Å². The van der Waals surface area contributed by atoms with Gasteiger partial charge in [0.25, 0.3) is 0 Å². The maximum Gasteiger partial charge on any atom is 0.0237 e. The second-order valence-corrected chi connectivity index (χ2v) is 5.62. The normalized spacial score (nSPS) is 21.2. The van der Waals surface area contributed by atoms with Gasteiger partial charge in [-0.25, -0.2) is 0 Å². The fourth-order valence-corrected chi connectivity index (χ4v) is 3.00. The fourth-order valence-electron chi connectivity index (χ4n) is 3.00. The molecule has 3 nitrogen and oxygen atoms in total. The molecular formula is C15H23N3. The second kappa shape index (κ2) is 5.39. The molecule has 0 radical (unpaired) electrons. The minimum atomic E-state index is 1.12. The molecule has 0 aliphatic carbocycles. The van der Waals surface area contributed by atoms with E-state index in [4.69, 9.17) is 0 Å². The van der Waals surface area contributed by atoms with E-state index in [0.717, 1.165) is 26.2 Å². The fraction of sp³-hybridized carbons (Fsp3) is 0.600. The largest absolute Gasteiger partial charge is 0.314 e. The van der Waals surface area contributed by atoms with Crippen LogP contribution in [0.3, 0.4) is 0 Å². The van der Waals surface area contributed by atoms with E-state index < -0.39 is 0 Å². The zero-order valence-electron chi connectivity index (χ0n) is 11.3. The number of nitrogens with zero attached hydrogens (tertiary/aromatic N) is 2. The van der Waals surface area contributed by atoms with E-state index in [1.807, 2.05) is 0 Å². The first-order valence-corrected chi connectivity index (χ1v) is 7.03. The molecule has 2 heterocycles. The predicted molar refractivity (Wildman–Crippen MR) is 74.6 cm³/mol. The number of hydrogen-bond acceptors (Lipinski definition) is 3. The topological polar surface area (TPSA) is 18.5 Å². The summed E-state index contributed by atoms with van der Waals surface area (Å²) >= 11 is 0. The van der Waals surface area contributed by atoms with Crippen LogP contribution in [0, 0.1) is 0 Å². The lowest BCUT2D eigenvalue weighted by Crippen LogP contribution is -2.44. The molecule has 0 amide bonds. The molecule has 1 saturated heterocycles. The van der Waals surface area contributed by atoms with Crippen LogP contribution >= 0.6 is 0 Å². The lowest BCUT2D eigenvalue weighted by molar-refractivity contribution is 0.244. The van der Waals surface area contributed by atoms with Gasteiger partial charge >= 0.3 is 0 Å². The summed E-state index contributed by atoms with van der Waals surface area (Å²) in [6, 6.07) is 7.06. The van der Waals surface area contributed by atoms with Crippen molar-refractivity contribution in [2.24, 2.45) is 0 Å². The van der Waals surface area contributed by atoms with E-state index in [-0.39, 0.29) is 0 Å². The van der Waals surface area contributed by atoms with Crippen molar-refractivity contribution in [2.45, 2.75) is 19.5 Å². The number of nitrogens with one attached hydrogen (secondary N) is 1. The quantitative estimate of drug-likeness (QED) is 0.860. The minimum absolute atomic E-state index is 1.12. The third-order valence-electron chi connectivity index (χ3n) is 4.08. The molecule has 0 spiro atoms. The summed E-state index contributed by atoms with van der Waals surface area (Å²) in [5.74, 6) is 0. The molecule has 0 bridgehead atoms. The Balaban J connectivity index is 1.58. The Kier molecular flexibility index (Phi) is 3.64. The maximum absolute atomic E-state index is 3.40. The van der Waals surface area contributed by atoms with Crippen LogP contribution in [0.5, 0.6) is 0 Å². The highest BCUT2D eigenvalue weighted by Gasteiger charge is 2.15. The van der Waals surface area contributed by atoms with E-state index in [9.17, 15) is 0 Å². The Morgan fingerprint density at radius 1 is 1.11 bits per heavy atom. The monoisotopic (exact) mass is 245 g/mol. The molecule has 18 heavy (non-hydrogen) atoms. The van der Waals surface area contributed by atoms with Crippen molar-refractivity contribution in [1.82, 2.24) is 15.1 Å². The van der Waals surface area contributed by atoms with E-state index in [1.165, 1.54) is 42.7 Å². The molecule has 2 aliphatic heterocycles. The van der Waals surface area contributed by atoms with Gasteiger partial charge in [0.2, 0.25) is 0 Å². The standard InChI is InChI=1S/C15H23N3/c1-17-11-14-3-2-13(10-15(14)12-17)4-7-18-8-5-16-6-9-18/h2-3,10,16H,4-9,11-12H2,1H3. The number of piperazine rings is 1. The van der Waals surface area contributed by atoms with Crippen LogP contribution in [0.4, 0.5) is 0 Å². The van der Waals surface area contributed by atoms with Crippen LogP contribution in [0.15, 0.2) is 18.2 Å². The summed E-state index contributed by atoms with van der Waals surface area (Å²) in [7, 11) is 2.19. The number of benzene rings is 1. The van der Waals surface area contributed by atoms with Crippen molar-refractivity contribution in [3.8, 4) is 0 Å². The SMILES string of the molecule is CN1Cc2ccc(CCN3CCNCC3)cc2C1. The highest BCUT2D eigenvalue weighted by molar-refractivity contribution is 5.34. The number of fused-ring (bicyclic) bond motifs is 1. The van der Waals surface area contributed by atoms with Gasteiger partial charge in [0, 0.05) is 45.8 Å². The summed E-state index contributed by atoms with van der Waals surface area (Å²) in [5.41, 5.74) is 4.56. The first kappa shape index (κ1) is 12.2. The van der Waals surface area contributed by atoms with Gasteiger partial charge in [0.05, 0.1) is 0 Å². The molecule has 3 rings (SSSR count). The Morgan fingerprint density at radius 2 is 1.89 bits per heavy atom. The molecule has 2 aliphatic rings. The van der Waals surface area contributed by atoms with E-state index in [1.54, 1.807) is 0 Å². The van der Waals surface area contributed by atoms with Crippen molar-refractivity contribution in [2.75, 3.05) is 39.8 Å². The summed E-state index contributed by atoms with van der Waals surface area (Å²) in [5, 5.41) is 3.40. The minimum Gasteiger partial charge on any atom is -0.314 e. The number of hydrogen-bond donors (Lipinski definition) is 1.